The number of aromatic nitrogens is 2. The van der Waals surface area contributed by atoms with Gasteiger partial charge in [-0.25, -0.2) is 0 Å². The van der Waals surface area contributed by atoms with Crippen LogP contribution in [-0.2, 0) is 6.42 Å². The van der Waals surface area contributed by atoms with Crippen LogP contribution in [0, 0.1) is 0 Å². The van der Waals surface area contributed by atoms with Crippen LogP contribution in [0.2, 0.25) is 0 Å². The zero-order valence-corrected chi connectivity index (χ0v) is 13.4. The Balaban J connectivity index is 1.73. The number of aliphatic hydroxyl groups excluding tert-OH is 1. The number of hydrogen-bond donors (Lipinski definition) is 1. The second-order valence-corrected chi connectivity index (χ2v) is 6.58. The molecule has 21 heavy (non-hydrogen) atoms. The normalized spacial score (nSPS) is 23.0. The van der Waals surface area contributed by atoms with Gasteiger partial charge in [-0.3, -0.25) is 0 Å². The topological polar surface area (TPSA) is 59.2 Å². The molecule has 0 spiro atoms. The molecule has 2 aromatic rings. The SMILES string of the molecule is OC1CCCCCC1c1nc(Cc2cccc(Br)c2)no1. The summed E-state index contributed by atoms with van der Waals surface area (Å²) in [5.41, 5.74) is 1.14. The molecule has 4 nitrogen and oxygen atoms in total. The molecule has 1 fully saturated rings. The lowest BCUT2D eigenvalue weighted by atomic mass is 9.97. The summed E-state index contributed by atoms with van der Waals surface area (Å²) in [5, 5.41) is 14.3. The standard InChI is InChI=1S/C16H19BrN2O2/c17-12-6-4-5-11(9-12)10-15-18-16(21-19-15)13-7-2-1-3-8-14(13)20/h4-6,9,13-14,20H,1-3,7-8,10H2. The van der Waals surface area contributed by atoms with Gasteiger partial charge in [-0.1, -0.05) is 52.5 Å². The van der Waals surface area contributed by atoms with Crippen LogP contribution in [0.4, 0.5) is 0 Å². The average molecular weight is 351 g/mol. The van der Waals surface area contributed by atoms with E-state index in [4.69, 9.17) is 4.52 Å². The number of halogens is 1. The molecular formula is C16H19BrN2O2. The Bertz CT molecular complexity index is 599. The van der Waals surface area contributed by atoms with Gasteiger partial charge in [0.25, 0.3) is 0 Å². The monoisotopic (exact) mass is 350 g/mol. The number of rotatable bonds is 3. The van der Waals surface area contributed by atoms with Gasteiger partial charge < -0.3 is 9.63 Å². The van der Waals surface area contributed by atoms with Gasteiger partial charge in [0, 0.05) is 10.9 Å². The first kappa shape index (κ1) is 14.7. The summed E-state index contributed by atoms with van der Waals surface area (Å²) in [5.74, 6) is 1.27. The third kappa shape index (κ3) is 3.71. The number of nitrogens with zero attached hydrogens (tertiary/aromatic N) is 2. The number of hydrogen-bond acceptors (Lipinski definition) is 4. The Kier molecular flexibility index (Phi) is 4.70. The molecule has 1 N–H and O–H groups in total. The minimum atomic E-state index is -0.355. The molecule has 1 aliphatic rings. The van der Waals surface area contributed by atoms with Gasteiger partial charge in [0.15, 0.2) is 5.82 Å². The largest absolute Gasteiger partial charge is 0.392 e. The summed E-state index contributed by atoms with van der Waals surface area (Å²) in [4.78, 5) is 4.50. The van der Waals surface area contributed by atoms with Crippen molar-refractivity contribution in [2.75, 3.05) is 0 Å². The first-order valence-corrected chi connectivity index (χ1v) is 8.26. The number of aliphatic hydroxyl groups is 1. The van der Waals surface area contributed by atoms with Crippen molar-refractivity contribution in [1.82, 2.24) is 10.1 Å². The van der Waals surface area contributed by atoms with E-state index in [2.05, 4.69) is 32.1 Å². The highest BCUT2D eigenvalue weighted by Crippen LogP contribution is 2.31. The van der Waals surface area contributed by atoms with Crippen LogP contribution in [0.15, 0.2) is 33.3 Å². The molecule has 1 aromatic carbocycles. The Morgan fingerprint density at radius 1 is 1.24 bits per heavy atom. The highest BCUT2D eigenvalue weighted by molar-refractivity contribution is 9.10. The molecule has 0 amide bonds. The van der Waals surface area contributed by atoms with E-state index in [0.29, 0.717) is 18.1 Å². The van der Waals surface area contributed by atoms with Gasteiger partial charge in [-0.05, 0) is 30.5 Å². The molecule has 3 rings (SSSR count). The number of benzene rings is 1. The molecule has 1 saturated carbocycles. The van der Waals surface area contributed by atoms with Crippen molar-refractivity contribution >= 4 is 15.9 Å². The Hall–Kier alpha value is -1.20. The molecule has 1 aliphatic carbocycles. The third-order valence-corrected chi connectivity index (χ3v) is 4.52. The fourth-order valence-electron chi connectivity index (χ4n) is 2.90. The molecule has 1 aromatic heterocycles. The molecule has 2 unspecified atom stereocenters. The van der Waals surface area contributed by atoms with Crippen molar-refractivity contribution in [3.05, 3.63) is 46.0 Å². The van der Waals surface area contributed by atoms with Gasteiger partial charge >= 0.3 is 0 Å². The van der Waals surface area contributed by atoms with Crippen LogP contribution < -0.4 is 0 Å². The summed E-state index contributed by atoms with van der Waals surface area (Å²) >= 11 is 3.46. The Morgan fingerprint density at radius 3 is 2.95 bits per heavy atom. The van der Waals surface area contributed by atoms with Crippen molar-refractivity contribution in [3.8, 4) is 0 Å². The van der Waals surface area contributed by atoms with Crippen LogP contribution in [0.3, 0.4) is 0 Å². The summed E-state index contributed by atoms with van der Waals surface area (Å²) in [6, 6.07) is 8.08. The molecule has 1 heterocycles. The van der Waals surface area contributed by atoms with E-state index in [0.717, 1.165) is 35.7 Å². The van der Waals surface area contributed by atoms with Gasteiger partial charge in [-0.2, -0.15) is 4.98 Å². The van der Waals surface area contributed by atoms with E-state index < -0.39 is 0 Å². The maximum absolute atomic E-state index is 10.2. The summed E-state index contributed by atoms with van der Waals surface area (Å²) in [6.07, 6.45) is 5.42. The van der Waals surface area contributed by atoms with Gasteiger partial charge in [0.2, 0.25) is 5.89 Å². The smallest absolute Gasteiger partial charge is 0.232 e. The molecule has 0 bridgehead atoms. The van der Waals surface area contributed by atoms with Gasteiger partial charge in [-0.15, -0.1) is 0 Å². The molecule has 0 saturated heterocycles. The minimum Gasteiger partial charge on any atom is -0.392 e. The molecule has 2 atom stereocenters. The first-order chi connectivity index (χ1) is 10.2. The average Bonchev–Trinajstić information content (AvgIpc) is 2.80. The van der Waals surface area contributed by atoms with Crippen LogP contribution in [-0.4, -0.2) is 21.4 Å². The highest BCUT2D eigenvalue weighted by atomic mass is 79.9. The van der Waals surface area contributed by atoms with Crippen LogP contribution >= 0.6 is 15.9 Å². The Labute approximate surface area is 132 Å². The zero-order chi connectivity index (χ0) is 14.7. The predicted molar refractivity (Wildman–Crippen MR) is 83.1 cm³/mol. The summed E-state index contributed by atoms with van der Waals surface area (Å²) in [6.45, 7) is 0. The fraction of sp³-hybridized carbons (Fsp3) is 0.500. The molecule has 112 valence electrons. The lowest BCUT2D eigenvalue weighted by molar-refractivity contribution is 0.119. The molecule has 5 heteroatoms. The van der Waals surface area contributed by atoms with E-state index in [1.165, 1.54) is 6.42 Å². The molecule has 0 aliphatic heterocycles. The maximum Gasteiger partial charge on any atom is 0.232 e. The fourth-order valence-corrected chi connectivity index (χ4v) is 3.34. The van der Waals surface area contributed by atoms with Gasteiger partial charge in [0.05, 0.1) is 12.0 Å². The van der Waals surface area contributed by atoms with E-state index >= 15 is 0 Å². The lowest BCUT2D eigenvalue weighted by Crippen LogP contribution is -2.17. The quantitative estimate of drug-likeness (QED) is 0.854. The zero-order valence-electron chi connectivity index (χ0n) is 11.8. The predicted octanol–water partition coefficient (Wildman–Crippen LogP) is 3.83. The molecular weight excluding hydrogens is 332 g/mol. The molecule has 0 radical (unpaired) electrons. The van der Waals surface area contributed by atoms with Crippen LogP contribution in [0.25, 0.3) is 0 Å². The van der Waals surface area contributed by atoms with Crippen molar-refractivity contribution in [2.45, 2.75) is 50.5 Å². The van der Waals surface area contributed by atoms with E-state index in [1.807, 2.05) is 18.2 Å². The first-order valence-electron chi connectivity index (χ1n) is 7.47. The maximum atomic E-state index is 10.2. The van der Waals surface area contributed by atoms with E-state index in [1.54, 1.807) is 0 Å². The minimum absolute atomic E-state index is 0.00346. The second-order valence-electron chi connectivity index (χ2n) is 5.67. The summed E-state index contributed by atoms with van der Waals surface area (Å²) < 4.78 is 6.44. The summed E-state index contributed by atoms with van der Waals surface area (Å²) in [7, 11) is 0. The van der Waals surface area contributed by atoms with Crippen LogP contribution in [0.1, 0.15) is 55.3 Å². The van der Waals surface area contributed by atoms with Crippen molar-refractivity contribution < 1.29 is 9.63 Å². The third-order valence-electron chi connectivity index (χ3n) is 4.03. The van der Waals surface area contributed by atoms with Crippen molar-refractivity contribution in [3.63, 3.8) is 0 Å². The van der Waals surface area contributed by atoms with Gasteiger partial charge in [0.1, 0.15) is 0 Å². The highest BCUT2D eigenvalue weighted by Gasteiger charge is 2.28. The Morgan fingerprint density at radius 2 is 2.10 bits per heavy atom. The van der Waals surface area contributed by atoms with E-state index in [9.17, 15) is 5.11 Å². The second kappa shape index (κ2) is 6.71. The van der Waals surface area contributed by atoms with Crippen molar-refractivity contribution in [1.29, 1.82) is 0 Å². The van der Waals surface area contributed by atoms with Crippen molar-refractivity contribution in [2.24, 2.45) is 0 Å². The van der Waals surface area contributed by atoms with Crippen LogP contribution in [0.5, 0.6) is 0 Å². The lowest BCUT2D eigenvalue weighted by Gasteiger charge is -2.15. The van der Waals surface area contributed by atoms with E-state index in [-0.39, 0.29) is 12.0 Å².